The number of rotatable bonds is 7. The molecule has 0 spiro atoms. The predicted octanol–water partition coefficient (Wildman–Crippen LogP) is 2.98. The van der Waals surface area contributed by atoms with Crippen molar-refractivity contribution in [2.24, 2.45) is 5.73 Å². The summed E-state index contributed by atoms with van der Waals surface area (Å²) in [5.41, 5.74) is 7.72. The second kappa shape index (κ2) is 10.5. The SMILES string of the molecule is CC(=O)N(c1ccccc1)C1CCN(C(=O)C(Cc2c[nH]c3ccccc23)NC(=O)C(C)(C)N)CC1. The molecular formula is C28H35N5O3. The molecule has 2 heterocycles. The highest BCUT2D eigenvalue weighted by Gasteiger charge is 2.34. The van der Waals surface area contributed by atoms with Crippen molar-refractivity contribution in [1.82, 2.24) is 15.2 Å². The number of piperidine rings is 1. The molecule has 190 valence electrons. The Morgan fingerprint density at radius 2 is 1.72 bits per heavy atom. The van der Waals surface area contributed by atoms with Gasteiger partial charge in [-0.3, -0.25) is 14.4 Å². The normalized spacial score (nSPS) is 15.5. The van der Waals surface area contributed by atoms with E-state index in [1.165, 1.54) is 0 Å². The quantitative estimate of drug-likeness (QED) is 0.474. The molecule has 1 aliphatic rings. The van der Waals surface area contributed by atoms with E-state index in [-0.39, 0.29) is 23.8 Å². The van der Waals surface area contributed by atoms with Gasteiger partial charge in [-0.25, -0.2) is 0 Å². The lowest BCUT2D eigenvalue weighted by molar-refractivity contribution is -0.138. The minimum Gasteiger partial charge on any atom is -0.361 e. The number of hydrogen-bond donors (Lipinski definition) is 3. The van der Waals surface area contributed by atoms with Gasteiger partial charge >= 0.3 is 0 Å². The van der Waals surface area contributed by atoms with Crippen LogP contribution in [-0.4, -0.2) is 58.3 Å². The molecule has 1 unspecified atom stereocenters. The first-order valence-corrected chi connectivity index (χ1v) is 12.4. The number of nitrogens with one attached hydrogen (secondary N) is 2. The molecule has 8 nitrogen and oxygen atoms in total. The second-order valence-corrected chi connectivity index (χ2v) is 10.1. The van der Waals surface area contributed by atoms with Crippen LogP contribution in [0.15, 0.2) is 60.8 Å². The topological polar surface area (TPSA) is 112 Å². The number of likely N-dealkylation sites (tertiary alicyclic amines) is 1. The number of nitrogens with two attached hydrogens (primary N) is 1. The number of benzene rings is 2. The number of aromatic nitrogens is 1. The van der Waals surface area contributed by atoms with E-state index in [1.807, 2.05) is 65.7 Å². The molecule has 4 N–H and O–H groups in total. The van der Waals surface area contributed by atoms with E-state index in [4.69, 9.17) is 5.73 Å². The average Bonchev–Trinajstić information content (AvgIpc) is 3.26. The van der Waals surface area contributed by atoms with Crippen LogP contribution in [0.25, 0.3) is 10.9 Å². The van der Waals surface area contributed by atoms with Crippen LogP contribution in [0.4, 0.5) is 5.69 Å². The van der Waals surface area contributed by atoms with E-state index in [1.54, 1.807) is 25.7 Å². The van der Waals surface area contributed by atoms with Crippen LogP contribution in [-0.2, 0) is 20.8 Å². The van der Waals surface area contributed by atoms with Gasteiger partial charge in [0.25, 0.3) is 0 Å². The molecule has 1 atom stereocenters. The van der Waals surface area contributed by atoms with Crippen LogP contribution in [0.2, 0.25) is 0 Å². The zero-order chi connectivity index (χ0) is 25.9. The third-order valence-corrected chi connectivity index (χ3v) is 6.80. The molecule has 1 fully saturated rings. The van der Waals surface area contributed by atoms with Gasteiger partial charge in [0.05, 0.1) is 5.54 Å². The molecule has 1 saturated heterocycles. The van der Waals surface area contributed by atoms with E-state index >= 15 is 0 Å². The number of fused-ring (bicyclic) bond motifs is 1. The summed E-state index contributed by atoms with van der Waals surface area (Å²) in [7, 11) is 0. The Labute approximate surface area is 211 Å². The Hall–Kier alpha value is -3.65. The summed E-state index contributed by atoms with van der Waals surface area (Å²) in [6, 6.07) is 16.8. The lowest BCUT2D eigenvalue weighted by Gasteiger charge is -2.39. The minimum atomic E-state index is -1.11. The highest BCUT2D eigenvalue weighted by atomic mass is 16.2. The number of aromatic amines is 1. The standard InChI is InChI=1S/C28H35N5O3/c1-19(34)33(21-9-5-4-6-10-21)22-13-15-32(16-14-22)26(35)25(31-27(36)28(2,3)29)17-20-18-30-24-12-8-7-11-23(20)24/h4-12,18,22,25,30H,13-17,29H2,1-3H3,(H,31,36). The zero-order valence-corrected chi connectivity index (χ0v) is 21.2. The van der Waals surface area contributed by atoms with Gasteiger partial charge in [-0.15, -0.1) is 0 Å². The van der Waals surface area contributed by atoms with Crippen LogP contribution in [0, 0.1) is 0 Å². The maximum atomic E-state index is 13.7. The Bertz CT molecular complexity index is 1220. The smallest absolute Gasteiger partial charge is 0.245 e. The molecule has 2 aromatic carbocycles. The Morgan fingerprint density at radius 3 is 2.36 bits per heavy atom. The van der Waals surface area contributed by atoms with Crippen molar-refractivity contribution in [3.63, 3.8) is 0 Å². The lowest BCUT2D eigenvalue weighted by atomic mass is 9.98. The molecule has 4 rings (SSSR count). The monoisotopic (exact) mass is 489 g/mol. The van der Waals surface area contributed by atoms with Gasteiger partial charge < -0.3 is 25.8 Å². The van der Waals surface area contributed by atoms with Crippen molar-refractivity contribution in [1.29, 1.82) is 0 Å². The first kappa shape index (κ1) is 25.4. The molecule has 0 aliphatic carbocycles. The molecule has 0 radical (unpaired) electrons. The predicted molar refractivity (Wildman–Crippen MR) is 141 cm³/mol. The number of carbonyl (C=O) groups excluding carboxylic acids is 3. The van der Waals surface area contributed by atoms with Crippen LogP contribution in [0.5, 0.6) is 0 Å². The molecule has 0 saturated carbocycles. The van der Waals surface area contributed by atoms with E-state index in [9.17, 15) is 14.4 Å². The number of carbonyl (C=O) groups is 3. The molecular weight excluding hydrogens is 454 g/mol. The van der Waals surface area contributed by atoms with Crippen molar-refractivity contribution >= 4 is 34.3 Å². The fourth-order valence-corrected chi connectivity index (χ4v) is 4.87. The van der Waals surface area contributed by atoms with E-state index in [2.05, 4.69) is 10.3 Å². The van der Waals surface area contributed by atoms with Crippen LogP contribution < -0.4 is 16.0 Å². The van der Waals surface area contributed by atoms with Crippen molar-refractivity contribution in [2.75, 3.05) is 18.0 Å². The summed E-state index contributed by atoms with van der Waals surface area (Å²) >= 11 is 0. The Kier molecular flexibility index (Phi) is 7.45. The van der Waals surface area contributed by atoms with Gasteiger partial charge in [0.2, 0.25) is 17.7 Å². The first-order valence-electron chi connectivity index (χ1n) is 12.4. The number of anilines is 1. The second-order valence-electron chi connectivity index (χ2n) is 10.1. The van der Waals surface area contributed by atoms with Gasteiger partial charge in [0.15, 0.2) is 0 Å². The summed E-state index contributed by atoms with van der Waals surface area (Å²) < 4.78 is 0. The van der Waals surface area contributed by atoms with Gasteiger partial charge in [-0.05, 0) is 50.5 Å². The van der Waals surface area contributed by atoms with Crippen molar-refractivity contribution in [3.8, 4) is 0 Å². The fourth-order valence-electron chi connectivity index (χ4n) is 4.87. The summed E-state index contributed by atoms with van der Waals surface area (Å²) in [5.74, 6) is -0.520. The number of nitrogens with zero attached hydrogens (tertiary/aromatic N) is 2. The Morgan fingerprint density at radius 1 is 1.08 bits per heavy atom. The molecule has 3 aromatic rings. The van der Waals surface area contributed by atoms with Gasteiger partial charge in [-0.1, -0.05) is 36.4 Å². The molecule has 1 aliphatic heterocycles. The first-order chi connectivity index (χ1) is 17.1. The van der Waals surface area contributed by atoms with E-state index in [0.29, 0.717) is 32.4 Å². The molecule has 8 heteroatoms. The molecule has 1 aromatic heterocycles. The number of amides is 3. The van der Waals surface area contributed by atoms with Gasteiger partial charge in [0.1, 0.15) is 6.04 Å². The summed E-state index contributed by atoms with van der Waals surface area (Å²) in [6.07, 6.45) is 3.57. The largest absolute Gasteiger partial charge is 0.361 e. The maximum Gasteiger partial charge on any atom is 0.245 e. The number of hydrogen-bond acceptors (Lipinski definition) is 4. The van der Waals surface area contributed by atoms with Gasteiger partial charge in [0, 0.05) is 55.3 Å². The van der Waals surface area contributed by atoms with Crippen LogP contribution >= 0.6 is 0 Å². The highest BCUT2D eigenvalue weighted by Crippen LogP contribution is 2.25. The minimum absolute atomic E-state index is 0.0126. The number of H-pyrrole nitrogens is 1. The molecule has 0 bridgehead atoms. The highest BCUT2D eigenvalue weighted by molar-refractivity contribution is 5.93. The Balaban J connectivity index is 1.50. The lowest BCUT2D eigenvalue weighted by Crippen LogP contribution is -2.58. The average molecular weight is 490 g/mol. The van der Waals surface area contributed by atoms with E-state index in [0.717, 1.165) is 22.2 Å². The summed E-state index contributed by atoms with van der Waals surface area (Å²) in [4.78, 5) is 45.8. The van der Waals surface area contributed by atoms with Crippen LogP contribution in [0.1, 0.15) is 39.2 Å². The maximum absolute atomic E-state index is 13.7. The zero-order valence-electron chi connectivity index (χ0n) is 21.2. The summed E-state index contributed by atoms with van der Waals surface area (Å²) in [5, 5.41) is 3.92. The van der Waals surface area contributed by atoms with E-state index < -0.39 is 11.6 Å². The molecule has 3 amide bonds. The van der Waals surface area contributed by atoms with Crippen molar-refractivity contribution in [3.05, 3.63) is 66.4 Å². The fraction of sp³-hybridized carbons (Fsp3) is 0.393. The molecule has 36 heavy (non-hydrogen) atoms. The third kappa shape index (κ3) is 5.60. The van der Waals surface area contributed by atoms with Gasteiger partial charge in [-0.2, -0.15) is 0 Å². The van der Waals surface area contributed by atoms with Crippen molar-refractivity contribution < 1.29 is 14.4 Å². The van der Waals surface area contributed by atoms with Crippen molar-refractivity contribution in [2.45, 2.75) is 57.7 Å². The number of para-hydroxylation sites is 2. The third-order valence-electron chi connectivity index (χ3n) is 6.80. The van der Waals surface area contributed by atoms with Crippen LogP contribution in [0.3, 0.4) is 0 Å². The summed E-state index contributed by atoms with van der Waals surface area (Å²) in [6.45, 7) is 5.84.